The van der Waals surface area contributed by atoms with Gasteiger partial charge in [-0.25, -0.2) is 0 Å². The van der Waals surface area contributed by atoms with Crippen molar-refractivity contribution in [2.24, 2.45) is 11.8 Å². The summed E-state index contributed by atoms with van der Waals surface area (Å²) in [7, 11) is 3.83. The molecule has 1 heterocycles. The number of ether oxygens (including phenoxy) is 1. The summed E-state index contributed by atoms with van der Waals surface area (Å²) in [6.45, 7) is 12.6. The average Bonchev–Trinajstić information content (AvgIpc) is 2.24. The van der Waals surface area contributed by atoms with Gasteiger partial charge in [0.05, 0.1) is 5.60 Å². The molecule has 3 unspecified atom stereocenters. The number of methoxy groups -OCH3 is 1. The van der Waals surface area contributed by atoms with Crippen LogP contribution in [0.3, 0.4) is 0 Å². The van der Waals surface area contributed by atoms with Gasteiger partial charge in [0.15, 0.2) is 0 Å². The zero-order chi connectivity index (χ0) is 13.1. The highest BCUT2D eigenvalue weighted by Gasteiger charge is 2.31. The van der Waals surface area contributed by atoms with E-state index in [1.807, 2.05) is 7.05 Å². The summed E-state index contributed by atoms with van der Waals surface area (Å²) < 4.78 is 5.60. The van der Waals surface area contributed by atoms with Crippen LogP contribution in [0.25, 0.3) is 0 Å². The zero-order valence-electron chi connectivity index (χ0n) is 12.4. The Morgan fingerprint density at radius 2 is 1.82 bits per heavy atom. The molecule has 0 spiro atoms. The van der Waals surface area contributed by atoms with Gasteiger partial charge in [-0.3, -0.25) is 0 Å². The summed E-state index contributed by atoms with van der Waals surface area (Å²) in [6, 6.07) is 0.380. The van der Waals surface area contributed by atoms with Gasteiger partial charge in [-0.15, -0.1) is 0 Å². The first-order valence-corrected chi connectivity index (χ1v) is 6.83. The third-order valence-electron chi connectivity index (χ3n) is 4.10. The predicted octanol–water partition coefficient (Wildman–Crippen LogP) is 1.98. The summed E-state index contributed by atoms with van der Waals surface area (Å²) in [4.78, 5) is 2.58. The van der Waals surface area contributed by atoms with E-state index < -0.39 is 0 Å². The smallest absolute Gasteiger partial charge is 0.0787 e. The highest BCUT2D eigenvalue weighted by molar-refractivity contribution is 4.88. The molecule has 102 valence electrons. The van der Waals surface area contributed by atoms with E-state index in [9.17, 15) is 0 Å². The topological polar surface area (TPSA) is 24.5 Å². The summed E-state index contributed by atoms with van der Waals surface area (Å²) in [5.41, 5.74) is -0.112. The number of rotatable bonds is 5. The van der Waals surface area contributed by atoms with Crippen LogP contribution in [0.4, 0.5) is 0 Å². The van der Waals surface area contributed by atoms with E-state index in [1.165, 1.54) is 19.5 Å². The van der Waals surface area contributed by atoms with Crippen molar-refractivity contribution in [2.45, 2.75) is 45.8 Å². The Kier molecular flexibility index (Phi) is 5.42. The van der Waals surface area contributed by atoms with Crippen molar-refractivity contribution in [3.8, 4) is 0 Å². The second-order valence-corrected chi connectivity index (χ2v) is 6.31. The van der Waals surface area contributed by atoms with Crippen LogP contribution in [-0.2, 0) is 4.74 Å². The number of piperidine rings is 1. The lowest BCUT2D eigenvalue weighted by atomic mass is 9.90. The molecule has 1 aliphatic heterocycles. The van der Waals surface area contributed by atoms with Gasteiger partial charge in [0.1, 0.15) is 0 Å². The van der Waals surface area contributed by atoms with Crippen molar-refractivity contribution in [3.63, 3.8) is 0 Å². The van der Waals surface area contributed by atoms with Crippen LogP contribution < -0.4 is 5.32 Å². The van der Waals surface area contributed by atoms with Crippen LogP contribution in [0.1, 0.15) is 34.1 Å². The molecule has 1 fully saturated rings. The van der Waals surface area contributed by atoms with Gasteiger partial charge < -0.3 is 15.0 Å². The minimum absolute atomic E-state index is 0.112. The van der Waals surface area contributed by atoms with Crippen molar-refractivity contribution in [1.82, 2.24) is 10.2 Å². The quantitative estimate of drug-likeness (QED) is 0.798. The molecule has 17 heavy (non-hydrogen) atoms. The number of likely N-dealkylation sites (N-methyl/N-ethyl adjacent to an activating group) is 1. The van der Waals surface area contributed by atoms with Crippen molar-refractivity contribution in [2.75, 3.05) is 33.8 Å². The lowest BCUT2D eigenvalue weighted by Crippen LogP contribution is -2.55. The van der Waals surface area contributed by atoms with Gasteiger partial charge in [-0.1, -0.05) is 13.8 Å². The highest BCUT2D eigenvalue weighted by Crippen LogP contribution is 2.23. The molecular weight excluding hydrogens is 212 g/mol. The standard InChI is InChI=1S/C14H30N2O/c1-11-7-12(2)9-16(8-11)10-13(15-5)14(3,4)17-6/h11-13,15H,7-10H2,1-6H3. The van der Waals surface area contributed by atoms with E-state index in [4.69, 9.17) is 4.74 Å². The molecule has 0 amide bonds. The van der Waals surface area contributed by atoms with Crippen LogP contribution in [0.5, 0.6) is 0 Å². The molecule has 1 rings (SSSR count). The zero-order valence-corrected chi connectivity index (χ0v) is 12.4. The first kappa shape index (κ1) is 14.9. The highest BCUT2D eigenvalue weighted by atomic mass is 16.5. The molecule has 0 aromatic carbocycles. The Morgan fingerprint density at radius 1 is 1.29 bits per heavy atom. The van der Waals surface area contributed by atoms with Crippen LogP contribution in [-0.4, -0.2) is 50.3 Å². The fourth-order valence-corrected chi connectivity index (χ4v) is 3.00. The fraction of sp³-hybridized carbons (Fsp3) is 1.00. The minimum atomic E-state index is -0.112. The molecule has 0 aliphatic carbocycles. The van der Waals surface area contributed by atoms with E-state index in [1.54, 1.807) is 7.11 Å². The van der Waals surface area contributed by atoms with Crippen molar-refractivity contribution in [3.05, 3.63) is 0 Å². The number of hydrogen-bond acceptors (Lipinski definition) is 3. The van der Waals surface area contributed by atoms with Gasteiger partial charge >= 0.3 is 0 Å². The molecule has 3 atom stereocenters. The van der Waals surface area contributed by atoms with Crippen LogP contribution >= 0.6 is 0 Å². The molecule has 1 aliphatic rings. The normalized spacial score (nSPS) is 29.3. The van der Waals surface area contributed by atoms with Gasteiger partial charge in [0.25, 0.3) is 0 Å². The monoisotopic (exact) mass is 242 g/mol. The summed E-state index contributed by atoms with van der Waals surface area (Å²) in [6.07, 6.45) is 1.37. The third-order valence-corrected chi connectivity index (χ3v) is 4.10. The average molecular weight is 242 g/mol. The van der Waals surface area contributed by atoms with E-state index in [-0.39, 0.29) is 5.60 Å². The first-order valence-electron chi connectivity index (χ1n) is 6.83. The maximum absolute atomic E-state index is 5.60. The molecular formula is C14H30N2O. The molecule has 0 saturated carbocycles. The van der Waals surface area contributed by atoms with Gasteiger partial charge in [-0.05, 0) is 39.2 Å². The lowest BCUT2D eigenvalue weighted by molar-refractivity contribution is -0.0230. The molecule has 3 nitrogen and oxygen atoms in total. The van der Waals surface area contributed by atoms with E-state index in [0.717, 1.165) is 18.4 Å². The van der Waals surface area contributed by atoms with E-state index in [2.05, 4.69) is 37.9 Å². The van der Waals surface area contributed by atoms with E-state index >= 15 is 0 Å². The number of likely N-dealkylation sites (tertiary alicyclic amines) is 1. The Balaban J connectivity index is 2.56. The maximum atomic E-state index is 5.60. The number of hydrogen-bond donors (Lipinski definition) is 1. The van der Waals surface area contributed by atoms with Crippen molar-refractivity contribution < 1.29 is 4.74 Å². The third kappa shape index (κ3) is 4.23. The van der Waals surface area contributed by atoms with Crippen LogP contribution in [0.15, 0.2) is 0 Å². The number of nitrogens with one attached hydrogen (secondary N) is 1. The second-order valence-electron chi connectivity index (χ2n) is 6.31. The lowest BCUT2D eigenvalue weighted by Gasteiger charge is -2.41. The van der Waals surface area contributed by atoms with Crippen molar-refractivity contribution >= 4 is 0 Å². The van der Waals surface area contributed by atoms with Gasteiger partial charge in [0.2, 0.25) is 0 Å². The Bertz CT molecular complexity index is 220. The second kappa shape index (κ2) is 6.17. The Hall–Kier alpha value is -0.120. The maximum Gasteiger partial charge on any atom is 0.0787 e. The Labute approximate surface area is 107 Å². The van der Waals surface area contributed by atoms with E-state index in [0.29, 0.717) is 6.04 Å². The van der Waals surface area contributed by atoms with Crippen LogP contribution in [0, 0.1) is 11.8 Å². The molecule has 1 N–H and O–H groups in total. The minimum Gasteiger partial charge on any atom is -0.377 e. The fourth-order valence-electron chi connectivity index (χ4n) is 3.00. The Morgan fingerprint density at radius 3 is 2.24 bits per heavy atom. The van der Waals surface area contributed by atoms with Gasteiger partial charge in [0, 0.05) is 32.8 Å². The molecule has 1 saturated heterocycles. The largest absolute Gasteiger partial charge is 0.377 e. The van der Waals surface area contributed by atoms with Gasteiger partial charge in [-0.2, -0.15) is 0 Å². The van der Waals surface area contributed by atoms with Crippen LogP contribution in [0.2, 0.25) is 0 Å². The molecule has 0 aromatic rings. The van der Waals surface area contributed by atoms with Crippen molar-refractivity contribution in [1.29, 1.82) is 0 Å². The number of nitrogens with zero attached hydrogens (tertiary/aromatic N) is 1. The molecule has 3 heteroatoms. The summed E-state index contributed by atoms with van der Waals surface area (Å²) in [5, 5.41) is 3.40. The summed E-state index contributed by atoms with van der Waals surface area (Å²) >= 11 is 0. The SMILES string of the molecule is CNC(CN1CC(C)CC(C)C1)C(C)(C)OC. The summed E-state index contributed by atoms with van der Waals surface area (Å²) in [5.74, 6) is 1.64. The predicted molar refractivity (Wildman–Crippen MR) is 73.3 cm³/mol. The molecule has 0 radical (unpaired) electrons. The molecule has 0 aromatic heterocycles. The molecule has 0 bridgehead atoms. The first-order chi connectivity index (χ1) is 7.89.